The normalized spacial score (nSPS) is 12.8. The highest BCUT2D eigenvalue weighted by atomic mass is 16.5. The van der Waals surface area contributed by atoms with Gasteiger partial charge in [-0.15, -0.1) is 0 Å². The van der Waals surface area contributed by atoms with E-state index in [9.17, 15) is 5.11 Å². The molecule has 4 heteroatoms. The van der Waals surface area contributed by atoms with Crippen molar-refractivity contribution in [1.29, 1.82) is 0 Å². The van der Waals surface area contributed by atoms with Crippen LogP contribution in [-0.2, 0) is 0 Å². The van der Waals surface area contributed by atoms with E-state index in [0.717, 1.165) is 16.9 Å². The number of nitrogens with one attached hydrogen (secondary N) is 1. The molecule has 17 heavy (non-hydrogen) atoms. The summed E-state index contributed by atoms with van der Waals surface area (Å²) in [6, 6.07) is 6.06. The van der Waals surface area contributed by atoms with Gasteiger partial charge in [0.1, 0.15) is 18.5 Å². The molecule has 0 radical (unpaired) electrons. The van der Waals surface area contributed by atoms with E-state index in [-0.39, 0.29) is 0 Å². The van der Waals surface area contributed by atoms with Gasteiger partial charge < -0.3 is 9.84 Å². The fraction of sp³-hybridized carbons (Fsp3) is 0.538. The second kappa shape index (κ2) is 6.59. The van der Waals surface area contributed by atoms with E-state index in [1.54, 1.807) is 5.01 Å². The van der Waals surface area contributed by atoms with Gasteiger partial charge in [0.05, 0.1) is 0 Å². The molecule has 1 aromatic rings. The molecule has 0 aliphatic heterocycles. The van der Waals surface area contributed by atoms with E-state index in [2.05, 4.69) is 5.43 Å². The van der Waals surface area contributed by atoms with Crippen molar-refractivity contribution >= 4 is 0 Å². The van der Waals surface area contributed by atoms with Crippen LogP contribution in [0, 0.1) is 13.8 Å². The topological polar surface area (TPSA) is 44.7 Å². The molecule has 0 heterocycles. The minimum absolute atomic E-state index is 0.297. The lowest BCUT2D eigenvalue weighted by atomic mass is 10.1. The molecule has 0 aliphatic rings. The summed E-state index contributed by atoms with van der Waals surface area (Å²) in [6.45, 7) is 4.80. The second-order valence-electron chi connectivity index (χ2n) is 4.49. The Hall–Kier alpha value is -1.10. The van der Waals surface area contributed by atoms with Gasteiger partial charge >= 0.3 is 0 Å². The minimum Gasteiger partial charge on any atom is -0.491 e. The third kappa shape index (κ3) is 5.17. The summed E-state index contributed by atoms with van der Waals surface area (Å²) < 4.78 is 5.60. The fourth-order valence-corrected chi connectivity index (χ4v) is 1.40. The standard InChI is InChI=1S/C13H22N2O2/c1-10-5-6-11(2)13(7-10)17-9-12(16)8-14-15(3)4/h5-7,12,14,16H,8-9H2,1-4H3. The first kappa shape index (κ1) is 14.0. The first-order chi connectivity index (χ1) is 7.99. The van der Waals surface area contributed by atoms with Crippen molar-refractivity contribution in [2.75, 3.05) is 27.2 Å². The smallest absolute Gasteiger partial charge is 0.122 e. The van der Waals surface area contributed by atoms with Crippen molar-refractivity contribution in [1.82, 2.24) is 10.4 Å². The van der Waals surface area contributed by atoms with Crippen LogP contribution in [0.25, 0.3) is 0 Å². The number of aliphatic hydroxyl groups excluding tert-OH is 1. The Morgan fingerprint density at radius 3 is 2.71 bits per heavy atom. The Kier molecular flexibility index (Phi) is 5.41. The quantitative estimate of drug-likeness (QED) is 0.729. The van der Waals surface area contributed by atoms with E-state index in [1.165, 1.54) is 0 Å². The van der Waals surface area contributed by atoms with Gasteiger partial charge in [-0.25, -0.2) is 0 Å². The van der Waals surface area contributed by atoms with Crippen LogP contribution >= 0.6 is 0 Å². The molecule has 1 rings (SSSR count). The van der Waals surface area contributed by atoms with Crippen molar-refractivity contribution in [2.24, 2.45) is 0 Å². The average Bonchev–Trinajstić information content (AvgIpc) is 2.27. The maximum absolute atomic E-state index is 9.71. The lowest BCUT2D eigenvalue weighted by molar-refractivity contribution is 0.0881. The number of aryl methyl sites for hydroxylation is 2. The van der Waals surface area contributed by atoms with Gasteiger partial charge in [0, 0.05) is 20.6 Å². The van der Waals surface area contributed by atoms with Gasteiger partial charge in [-0.3, -0.25) is 10.4 Å². The predicted molar refractivity (Wildman–Crippen MR) is 69.1 cm³/mol. The second-order valence-corrected chi connectivity index (χ2v) is 4.49. The number of nitrogens with zero attached hydrogens (tertiary/aromatic N) is 1. The molecule has 0 aliphatic carbocycles. The third-order valence-corrected chi connectivity index (χ3v) is 2.42. The van der Waals surface area contributed by atoms with Crippen LogP contribution in [0.15, 0.2) is 18.2 Å². The largest absolute Gasteiger partial charge is 0.491 e. The molecular formula is C13H22N2O2. The van der Waals surface area contributed by atoms with E-state index in [0.29, 0.717) is 13.2 Å². The maximum Gasteiger partial charge on any atom is 0.122 e. The zero-order chi connectivity index (χ0) is 12.8. The molecule has 0 spiro atoms. The summed E-state index contributed by atoms with van der Waals surface area (Å²) in [4.78, 5) is 0. The summed E-state index contributed by atoms with van der Waals surface area (Å²) in [6.07, 6.45) is -0.516. The molecule has 96 valence electrons. The van der Waals surface area contributed by atoms with Gasteiger partial charge in [-0.1, -0.05) is 12.1 Å². The predicted octanol–water partition coefficient (Wildman–Crippen LogP) is 1.11. The Bertz CT molecular complexity index is 353. The van der Waals surface area contributed by atoms with Crippen LogP contribution in [0.1, 0.15) is 11.1 Å². The molecule has 2 N–H and O–H groups in total. The molecule has 0 fully saturated rings. The number of hydrogen-bond acceptors (Lipinski definition) is 4. The molecule has 0 aromatic heterocycles. The Morgan fingerprint density at radius 2 is 2.06 bits per heavy atom. The average molecular weight is 238 g/mol. The van der Waals surface area contributed by atoms with Crippen LogP contribution in [0.3, 0.4) is 0 Å². The lowest BCUT2D eigenvalue weighted by Crippen LogP contribution is -2.39. The highest BCUT2D eigenvalue weighted by molar-refractivity contribution is 5.35. The van der Waals surface area contributed by atoms with Crippen molar-refractivity contribution in [3.63, 3.8) is 0 Å². The van der Waals surface area contributed by atoms with Crippen LogP contribution in [0.4, 0.5) is 0 Å². The number of aliphatic hydroxyl groups is 1. The zero-order valence-corrected chi connectivity index (χ0v) is 11.0. The van der Waals surface area contributed by atoms with Crippen LogP contribution in [0.2, 0.25) is 0 Å². The highest BCUT2D eigenvalue weighted by Gasteiger charge is 2.07. The first-order valence-corrected chi connectivity index (χ1v) is 5.78. The van der Waals surface area contributed by atoms with E-state index in [4.69, 9.17) is 4.74 Å². The monoisotopic (exact) mass is 238 g/mol. The number of rotatable bonds is 6. The Morgan fingerprint density at radius 1 is 1.35 bits per heavy atom. The molecule has 0 bridgehead atoms. The van der Waals surface area contributed by atoms with E-state index < -0.39 is 6.10 Å². The SMILES string of the molecule is Cc1ccc(C)c(OCC(O)CNN(C)C)c1. The number of ether oxygens (including phenoxy) is 1. The fourth-order valence-electron chi connectivity index (χ4n) is 1.40. The third-order valence-electron chi connectivity index (χ3n) is 2.42. The van der Waals surface area contributed by atoms with E-state index >= 15 is 0 Å². The molecule has 1 unspecified atom stereocenters. The molecule has 0 amide bonds. The summed E-state index contributed by atoms with van der Waals surface area (Å²) in [7, 11) is 3.77. The molecular weight excluding hydrogens is 216 g/mol. The lowest BCUT2D eigenvalue weighted by Gasteiger charge is -2.17. The zero-order valence-electron chi connectivity index (χ0n) is 11.0. The van der Waals surface area contributed by atoms with Gasteiger partial charge in [0.2, 0.25) is 0 Å². The minimum atomic E-state index is -0.516. The summed E-state index contributed by atoms with van der Waals surface area (Å²) in [5.74, 6) is 0.842. The van der Waals surface area contributed by atoms with Gasteiger partial charge in [-0.2, -0.15) is 0 Å². The molecule has 4 nitrogen and oxygen atoms in total. The van der Waals surface area contributed by atoms with E-state index in [1.807, 2.05) is 46.1 Å². The molecule has 1 aromatic carbocycles. The van der Waals surface area contributed by atoms with Gasteiger partial charge in [0.15, 0.2) is 0 Å². The first-order valence-electron chi connectivity index (χ1n) is 5.78. The van der Waals surface area contributed by atoms with Gasteiger partial charge in [0.25, 0.3) is 0 Å². The maximum atomic E-state index is 9.71. The van der Waals surface area contributed by atoms with Crippen LogP contribution in [-0.4, -0.2) is 43.5 Å². The molecule has 0 saturated heterocycles. The summed E-state index contributed by atoms with van der Waals surface area (Å²) >= 11 is 0. The highest BCUT2D eigenvalue weighted by Crippen LogP contribution is 2.19. The van der Waals surface area contributed by atoms with Crippen LogP contribution in [0.5, 0.6) is 5.75 Å². The van der Waals surface area contributed by atoms with Crippen molar-refractivity contribution in [3.8, 4) is 5.75 Å². The summed E-state index contributed by atoms with van der Waals surface area (Å²) in [5, 5.41) is 11.5. The number of hydrogen-bond donors (Lipinski definition) is 2. The Labute approximate surface area is 103 Å². The molecule has 1 atom stereocenters. The molecule has 0 saturated carbocycles. The number of hydrazine groups is 1. The van der Waals surface area contributed by atoms with Gasteiger partial charge in [-0.05, 0) is 31.0 Å². The van der Waals surface area contributed by atoms with Crippen LogP contribution < -0.4 is 10.2 Å². The Balaban J connectivity index is 2.41. The number of benzene rings is 1. The van der Waals surface area contributed by atoms with Crippen molar-refractivity contribution in [2.45, 2.75) is 20.0 Å². The summed E-state index contributed by atoms with van der Waals surface area (Å²) in [5.41, 5.74) is 5.26. The van der Waals surface area contributed by atoms with Crippen molar-refractivity contribution in [3.05, 3.63) is 29.3 Å². The van der Waals surface area contributed by atoms with Crippen molar-refractivity contribution < 1.29 is 9.84 Å².